The number of nitrogens with one attached hydrogen (secondary N) is 1. The summed E-state index contributed by atoms with van der Waals surface area (Å²) in [4.78, 5) is 11.4. The van der Waals surface area contributed by atoms with E-state index in [4.69, 9.17) is 15.4 Å². The number of carbonyl (C=O) groups excluding carboxylic acids is 1. The van der Waals surface area contributed by atoms with Gasteiger partial charge in [0.1, 0.15) is 16.5 Å². The van der Waals surface area contributed by atoms with Crippen LogP contribution in [-0.4, -0.2) is 26.0 Å². The van der Waals surface area contributed by atoms with Crippen LogP contribution in [0.25, 0.3) is 0 Å². The Hall–Kier alpha value is -1.34. The van der Waals surface area contributed by atoms with Crippen LogP contribution in [0, 0.1) is 5.82 Å². The lowest BCUT2D eigenvalue weighted by atomic mass is 10.1. The highest BCUT2D eigenvalue weighted by Gasteiger charge is 2.24. The molecule has 21 heavy (non-hydrogen) atoms. The summed E-state index contributed by atoms with van der Waals surface area (Å²) in [5, 5.41) is 2.69. The molecule has 0 aromatic heterocycles. The first-order valence-corrected chi connectivity index (χ1v) is 8.44. The molecule has 0 aliphatic rings. The Morgan fingerprint density at radius 2 is 1.95 bits per heavy atom. The van der Waals surface area contributed by atoms with Gasteiger partial charge in [-0.15, -0.1) is 0 Å². The Balaban J connectivity index is 3.01. The number of hydrogen-bond donors (Lipinski definition) is 1. The first-order valence-electron chi connectivity index (χ1n) is 6.13. The summed E-state index contributed by atoms with van der Waals surface area (Å²) in [6, 6.07) is 2.88. The van der Waals surface area contributed by atoms with Crippen LogP contribution in [0.5, 0.6) is 5.75 Å². The quantitative estimate of drug-likeness (QED) is 0.856. The van der Waals surface area contributed by atoms with E-state index in [0.717, 1.165) is 18.2 Å². The molecule has 1 aromatic carbocycles. The molecule has 1 unspecified atom stereocenters. The summed E-state index contributed by atoms with van der Waals surface area (Å²) in [6.45, 7) is 6.84. The van der Waals surface area contributed by atoms with E-state index in [1.54, 1.807) is 20.8 Å². The van der Waals surface area contributed by atoms with Crippen molar-refractivity contribution in [3.8, 4) is 5.75 Å². The molecular weight excluding hydrogens is 321 g/mol. The van der Waals surface area contributed by atoms with Crippen LogP contribution in [0.3, 0.4) is 0 Å². The molecule has 1 aromatic rings. The van der Waals surface area contributed by atoms with Gasteiger partial charge < -0.3 is 10.1 Å². The summed E-state index contributed by atoms with van der Waals surface area (Å²) in [6.07, 6.45) is -0.966. The maximum Gasteiger partial charge on any atom is 0.265 e. The average Bonchev–Trinajstić information content (AvgIpc) is 2.27. The summed E-state index contributed by atoms with van der Waals surface area (Å²) >= 11 is 0. The molecule has 5 nitrogen and oxygen atoms in total. The molecule has 0 heterocycles. The Morgan fingerprint density at radius 3 is 2.43 bits per heavy atom. The molecular formula is C13H17ClFNO4S. The van der Waals surface area contributed by atoms with Crippen LogP contribution in [-0.2, 0) is 13.8 Å². The third kappa shape index (κ3) is 5.51. The van der Waals surface area contributed by atoms with Gasteiger partial charge in [-0.1, -0.05) is 0 Å². The molecule has 0 radical (unpaired) electrons. The van der Waals surface area contributed by atoms with Crippen molar-refractivity contribution in [1.29, 1.82) is 0 Å². The van der Waals surface area contributed by atoms with Crippen LogP contribution in [0.2, 0.25) is 0 Å². The second kappa shape index (κ2) is 6.19. The number of carbonyl (C=O) groups is 1. The van der Waals surface area contributed by atoms with Gasteiger partial charge in [-0.25, -0.2) is 12.8 Å². The molecule has 1 amide bonds. The number of halogens is 2. The van der Waals surface area contributed by atoms with Gasteiger partial charge in [0.15, 0.2) is 6.10 Å². The van der Waals surface area contributed by atoms with Gasteiger partial charge in [0.25, 0.3) is 15.0 Å². The minimum atomic E-state index is -4.19. The summed E-state index contributed by atoms with van der Waals surface area (Å²) < 4.78 is 41.2. The lowest BCUT2D eigenvalue weighted by Crippen LogP contribution is -2.46. The van der Waals surface area contributed by atoms with Gasteiger partial charge in [0, 0.05) is 16.2 Å². The van der Waals surface area contributed by atoms with Crippen molar-refractivity contribution >= 4 is 25.6 Å². The first-order chi connectivity index (χ1) is 9.40. The van der Waals surface area contributed by atoms with Crippen LogP contribution in [0.1, 0.15) is 27.7 Å². The fraction of sp³-hybridized carbons (Fsp3) is 0.462. The zero-order valence-electron chi connectivity index (χ0n) is 12.1. The van der Waals surface area contributed by atoms with Crippen molar-refractivity contribution in [2.45, 2.75) is 44.2 Å². The highest BCUT2D eigenvalue weighted by atomic mass is 35.7. The molecule has 8 heteroatoms. The van der Waals surface area contributed by atoms with Crippen molar-refractivity contribution in [2.75, 3.05) is 0 Å². The van der Waals surface area contributed by atoms with Crippen molar-refractivity contribution in [2.24, 2.45) is 0 Å². The molecule has 1 atom stereocenters. The predicted octanol–water partition coefficient (Wildman–Crippen LogP) is 2.44. The first kappa shape index (κ1) is 17.7. The van der Waals surface area contributed by atoms with E-state index in [1.165, 1.54) is 6.92 Å². The summed E-state index contributed by atoms with van der Waals surface area (Å²) in [7, 11) is 1.04. The highest BCUT2D eigenvalue weighted by Crippen LogP contribution is 2.28. The minimum Gasteiger partial charge on any atom is -0.479 e. The molecule has 118 valence electrons. The molecule has 0 spiro atoms. The highest BCUT2D eigenvalue weighted by molar-refractivity contribution is 8.13. The second-order valence-electron chi connectivity index (χ2n) is 5.53. The SMILES string of the molecule is CC(Oc1ccc(F)cc1S(=O)(=O)Cl)C(=O)NC(C)(C)C. The van der Waals surface area contributed by atoms with Crippen molar-refractivity contribution in [3.05, 3.63) is 24.0 Å². The molecule has 0 saturated carbocycles. The van der Waals surface area contributed by atoms with Gasteiger partial charge in [-0.3, -0.25) is 4.79 Å². The van der Waals surface area contributed by atoms with Crippen molar-refractivity contribution in [3.63, 3.8) is 0 Å². The lowest BCUT2D eigenvalue weighted by Gasteiger charge is -2.24. The van der Waals surface area contributed by atoms with Gasteiger partial charge in [-0.2, -0.15) is 0 Å². The summed E-state index contributed by atoms with van der Waals surface area (Å²) in [5.74, 6) is -1.37. The van der Waals surface area contributed by atoms with E-state index in [9.17, 15) is 17.6 Å². The fourth-order valence-electron chi connectivity index (χ4n) is 1.49. The largest absolute Gasteiger partial charge is 0.479 e. The van der Waals surface area contributed by atoms with Gasteiger partial charge in [0.05, 0.1) is 0 Å². The Bertz CT molecular complexity index is 640. The predicted molar refractivity (Wildman–Crippen MR) is 77.4 cm³/mol. The maximum atomic E-state index is 13.1. The van der Waals surface area contributed by atoms with Crippen LogP contribution in [0.4, 0.5) is 4.39 Å². The minimum absolute atomic E-state index is 0.178. The second-order valence-corrected chi connectivity index (χ2v) is 8.06. The molecule has 0 bridgehead atoms. The standard InChI is InChI=1S/C13H17ClFNO4S/c1-8(12(17)16-13(2,3)4)20-10-6-5-9(15)7-11(10)21(14,18)19/h5-8H,1-4H3,(H,16,17). The van der Waals surface area contributed by atoms with Crippen molar-refractivity contribution < 1.29 is 22.3 Å². The number of ether oxygens (including phenoxy) is 1. The molecule has 0 saturated heterocycles. The van der Waals surface area contributed by atoms with E-state index in [-0.39, 0.29) is 5.75 Å². The Kier molecular flexibility index (Phi) is 5.22. The van der Waals surface area contributed by atoms with E-state index in [1.807, 2.05) is 0 Å². The van der Waals surface area contributed by atoms with E-state index < -0.39 is 37.3 Å². The van der Waals surface area contributed by atoms with Gasteiger partial charge >= 0.3 is 0 Å². The third-order valence-electron chi connectivity index (χ3n) is 2.34. The van der Waals surface area contributed by atoms with E-state index in [2.05, 4.69) is 5.32 Å². The third-order valence-corrected chi connectivity index (χ3v) is 3.68. The lowest BCUT2D eigenvalue weighted by molar-refractivity contribution is -0.128. The Labute approximate surface area is 127 Å². The Morgan fingerprint density at radius 1 is 1.38 bits per heavy atom. The van der Waals surface area contributed by atoms with E-state index >= 15 is 0 Å². The number of amides is 1. The topological polar surface area (TPSA) is 72.5 Å². The van der Waals surface area contributed by atoms with Crippen LogP contribution >= 0.6 is 10.7 Å². The normalized spacial score (nSPS) is 13.6. The van der Waals surface area contributed by atoms with Gasteiger partial charge in [-0.05, 0) is 45.9 Å². The molecule has 1 rings (SSSR count). The number of benzene rings is 1. The van der Waals surface area contributed by atoms with E-state index in [0.29, 0.717) is 0 Å². The number of rotatable bonds is 4. The van der Waals surface area contributed by atoms with Crippen molar-refractivity contribution in [1.82, 2.24) is 5.32 Å². The molecule has 1 N–H and O–H groups in total. The summed E-state index contributed by atoms with van der Waals surface area (Å²) in [5.41, 5.74) is -0.459. The van der Waals surface area contributed by atoms with Crippen LogP contribution in [0.15, 0.2) is 23.1 Å². The molecule has 0 fully saturated rings. The van der Waals surface area contributed by atoms with Gasteiger partial charge in [0.2, 0.25) is 0 Å². The smallest absolute Gasteiger partial charge is 0.265 e. The van der Waals surface area contributed by atoms with Crippen LogP contribution < -0.4 is 10.1 Å². The average molecular weight is 338 g/mol. The fourth-order valence-corrected chi connectivity index (χ4v) is 2.46. The molecule has 0 aliphatic carbocycles. The maximum absolute atomic E-state index is 13.1. The number of hydrogen-bond acceptors (Lipinski definition) is 4. The zero-order valence-corrected chi connectivity index (χ0v) is 13.7. The zero-order chi connectivity index (χ0) is 16.4. The molecule has 0 aliphatic heterocycles. The monoisotopic (exact) mass is 337 g/mol.